The second-order valence-corrected chi connectivity index (χ2v) is 5.48. The van der Waals surface area contributed by atoms with Crippen molar-refractivity contribution in [1.29, 1.82) is 0 Å². The predicted molar refractivity (Wildman–Crippen MR) is 81.9 cm³/mol. The van der Waals surface area contributed by atoms with Crippen LogP contribution in [0.2, 0.25) is 0 Å². The largest absolute Gasteiger partial charge is 0.496 e. The Labute approximate surface area is 121 Å². The molecule has 0 aromatic heterocycles. The first-order valence-electron chi connectivity index (χ1n) is 7.11. The highest BCUT2D eigenvalue weighted by Crippen LogP contribution is 2.19. The van der Waals surface area contributed by atoms with Gasteiger partial charge in [-0.2, -0.15) is 0 Å². The summed E-state index contributed by atoms with van der Waals surface area (Å²) in [4.78, 5) is 12.0. The van der Waals surface area contributed by atoms with Crippen molar-refractivity contribution in [3.63, 3.8) is 0 Å². The maximum atomic E-state index is 12.0. The smallest absolute Gasteiger partial charge is 0.239 e. The molecule has 1 amide bonds. The molecule has 4 nitrogen and oxygen atoms in total. The summed E-state index contributed by atoms with van der Waals surface area (Å²) in [6.07, 6.45) is 2.36. The number of hydrogen-bond acceptors (Lipinski definition) is 3. The normalized spacial score (nSPS) is 13.7. The van der Waals surface area contributed by atoms with E-state index in [-0.39, 0.29) is 5.91 Å². The number of nitrogens with one attached hydrogen (secondary N) is 1. The fraction of sp³-hybridized carbons (Fsp3) is 0.562. The van der Waals surface area contributed by atoms with Gasteiger partial charge in [0.05, 0.1) is 12.6 Å². The van der Waals surface area contributed by atoms with E-state index in [2.05, 4.69) is 11.4 Å². The van der Waals surface area contributed by atoms with Crippen molar-refractivity contribution in [3.8, 4) is 5.75 Å². The summed E-state index contributed by atoms with van der Waals surface area (Å²) in [5.74, 6) is 0.793. The monoisotopic (exact) mass is 278 g/mol. The third-order valence-electron chi connectivity index (χ3n) is 3.46. The molecule has 1 rings (SSSR count). The Morgan fingerprint density at radius 1 is 1.45 bits per heavy atom. The fourth-order valence-electron chi connectivity index (χ4n) is 2.18. The molecule has 0 saturated carbocycles. The molecule has 0 bridgehead atoms. The molecule has 1 atom stereocenters. The highest BCUT2D eigenvalue weighted by Gasteiger charge is 2.26. The number of amides is 1. The first kappa shape index (κ1) is 16.5. The number of benzene rings is 1. The lowest BCUT2D eigenvalue weighted by molar-refractivity contribution is -0.126. The summed E-state index contributed by atoms with van der Waals surface area (Å²) in [6.45, 7) is 6.40. The zero-order valence-corrected chi connectivity index (χ0v) is 13.0. The Morgan fingerprint density at radius 3 is 2.75 bits per heavy atom. The lowest BCUT2D eigenvalue weighted by atomic mass is 9.96. The van der Waals surface area contributed by atoms with E-state index in [1.165, 1.54) is 0 Å². The van der Waals surface area contributed by atoms with Crippen molar-refractivity contribution in [2.75, 3.05) is 13.7 Å². The number of hydrogen-bond donors (Lipinski definition) is 2. The maximum Gasteiger partial charge on any atom is 0.239 e. The van der Waals surface area contributed by atoms with Gasteiger partial charge >= 0.3 is 0 Å². The Hall–Kier alpha value is -1.55. The number of aryl methyl sites for hydroxylation is 1. The van der Waals surface area contributed by atoms with E-state index in [0.29, 0.717) is 13.0 Å². The van der Waals surface area contributed by atoms with Gasteiger partial charge in [-0.1, -0.05) is 25.5 Å². The average molecular weight is 278 g/mol. The van der Waals surface area contributed by atoms with E-state index in [1.807, 2.05) is 26.0 Å². The highest BCUT2D eigenvalue weighted by molar-refractivity contribution is 5.85. The van der Waals surface area contributed by atoms with Crippen LogP contribution in [0.5, 0.6) is 5.75 Å². The summed E-state index contributed by atoms with van der Waals surface area (Å²) in [7, 11) is 1.67. The SMILES string of the molecule is CCCC(C)(N)C(=O)NCCc1ccc(C)c(OC)c1. The molecule has 1 unspecified atom stereocenters. The third-order valence-corrected chi connectivity index (χ3v) is 3.46. The van der Waals surface area contributed by atoms with Crippen LogP contribution in [-0.2, 0) is 11.2 Å². The molecule has 112 valence electrons. The van der Waals surface area contributed by atoms with Crippen LogP contribution in [0, 0.1) is 6.92 Å². The predicted octanol–water partition coefficient (Wildman–Crippen LogP) is 2.18. The molecule has 0 aliphatic carbocycles. The van der Waals surface area contributed by atoms with Crippen LogP contribution in [0.3, 0.4) is 0 Å². The molecule has 0 radical (unpaired) electrons. The molecule has 0 spiro atoms. The standard InChI is InChI=1S/C16H26N2O2/c1-5-9-16(3,17)15(19)18-10-8-13-7-6-12(2)14(11-13)20-4/h6-7,11H,5,8-10,17H2,1-4H3,(H,18,19). The van der Waals surface area contributed by atoms with Gasteiger partial charge in [-0.25, -0.2) is 0 Å². The minimum atomic E-state index is -0.778. The third kappa shape index (κ3) is 4.53. The summed E-state index contributed by atoms with van der Waals surface area (Å²) < 4.78 is 5.29. The van der Waals surface area contributed by atoms with Gasteiger partial charge in [0.2, 0.25) is 5.91 Å². The van der Waals surface area contributed by atoms with Gasteiger partial charge in [0, 0.05) is 6.54 Å². The molecule has 0 fully saturated rings. The second-order valence-electron chi connectivity index (χ2n) is 5.48. The van der Waals surface area contributed by atoms with Crippen LogP contribution in [0.1, 0.15) is 37.8 Å². The molecule has 0 saturated heterocycles. The van der Waals surface area contributed by atoms with Crippen LogP contribution in [0.4, 0.5) is 0 Å². The highest BCUT2D eigenvalue weighted by atomic mass is 16.5. The number of carbonyl (C=O) groups is 1. The van der Waals surface area contributed by atoms with Crippen molar-refractivity contribution in [2.45, 2.75) is 45.6 Å². The maximum absolute atomic E-state index is 12.0. The molecule has 0 heterocycles. The van der Waals surface area contributed by atoms with Crippen LogP contribution >= 0.6 is 0 Å². The number of methoxy groups -OCH3 is 1. The van der Waals surface area contributed by atoms with E-state index >= 15 is 0 Å². The van der Waals surface area contributed by atoms with Gasteiger partial charge in [0.15, 0.2) is 0 Å². The van der Waals surface area contributed by atoms with E-state index < -0.39 is 5.54 Å². The molecule has 1 aromatic carbocycles. The van der Waals surface area contributed by atoms with Crippen molar-refractivity contribution in [2.24, 2.45) is 5.73 Å². The van der Waals surface area contributed by atoms with Gasteiger partial charge in [-0.3, -0.25) is 4.79 Å². The fourth-order valence-corrected chi connectivity index (χ4v) is 2.18. The summed E-state index contributed by atoms with van der Waals surface area (Å²) in [5, 5.41) is 2.90. The molecule has 0 aliphatic rings. The summed E-state index contributed by atoms with van der Waals surface area (Å²) in [6, 6.07) is 6.09. The number of ether oxygens (including phenoxy) is 1. The first-order chi connectivity index (χ1) is 9.40. The Bertz CT molecular complexity index is 456. The molecular weight excluding hydrogens is 252 g/mol. The van der Waals surface area contributed by atoms with Gasteiger partial charge in [-0.05, 0) is 43.9 Å². The molecule has 3 N–H and O–H groups in total. The molecule has 1 aromatic rings. The van der Waals surface area contributed by atoms with Gasteiger partial charge in [0.25, 0.3) is 0 Å². The number of rotatable bonds is 7. The minimum absolute atomic E-state index is 0.0848. The van der Waals surface area contributed by atoms with Gasteiger partial charge in [-0.15, -0.1) is 0 Å². The molecular formula is C16H26N2O2. The molecule has 0 aliphatic heterocycles. The molecule has 4 heteroatoms. The van der Waals surface area contributed by atoms with Crippen LogP contribution < -0.4 is 15.8 Å². The first-order valence-corrected chi connectivity index (χ1v) is 7.11. The topological polar surface area (TPSA) is 64.4 Å². The van der Waals surface area contributed by atoms with Gasteiger partial charge in [0.1, 0.15) is 5.75 Å². The van der Waals surface area contributed by atoms with Crippen molar-refractivity contribution < 1.29 is 9.53 Å². The second kappa shape index (κ2) is 7.29. The van der Waals surface area contributed by atoms with Crippen molar-refractivity contribution in [3.05, 3.63) is 29.3 Å². The summed E-state index contributed by atoms with van der Waals surface area (Å²) in [5.41, 5.74) is 7.46. The Morgan fingerprint density at radius 2 is 2.15 bits per heavy atom. The van der Waals surface area contributed by atoms with E-state index in [9.17, 15) is 4.79 Å². The van der Waals surface area contributed by atoms with E-state index in [4.69, 9.17) is 10.5 Å². The molecule has 20 heavy (non-hydrogen) atoms. The van der Waals surface area contributed by atoms with Crippen molar-refractivity contribution in [1.82, 2.24) is 5.32 Å². The zero-order chi connectivity index (χ0) is 15.2. The van der Waals surface area contributed by atoms with Crippen LogP contribution in [0.15, 0.2) is 18.2 Å². The quantitative estimate of drug-likeness (QED) is 0.803. The average Bonchev–Trinajstić information content (AvgIpc) is 2.40. The lowest BCUT2D eigenvalue weighted by Gasteiger charge is -2.22. The number of carbonyl (C=O) groups excluding carboxylic acids is 1. The Kier molecular flexibility index (Phi) is 6.02. The summed E-state index contributed by atoms with van der Waals surface area (Å²) >= 11 is 0. The number of nitrogens with two attached hydrogens (primary N) is 1. The minimum Gasteiger partial charge on any atom is -0.496 e. The van der Waals surface area contributed by atoms with E-state index in [1.54, 1.807) is 14.0 Å². The van der Waals surface area contributed by atoms with Crippen molar-refractivity contribution >= 4 is 5.91 Å². The Balaban J connectivity index is 2.50. The van der Waals surface area contributed by atoms with Gasteiger partial charge < -0.3 is 15.8 Å². The van der Waals surface area contributed by atoms with Crippen LogP contribution in [-0.4, -0.2) is 25.1 Å². The van der Waals surface area contributed by atoms with Crippen LogP contribution in [0.25, 0.3) is 0 Å². The van der Waals surface area contributed by atoms with E-state index in [0.717, 1.165) is 29.7 Å². The zero-order valence-electron chi connectivity index (χ0n) is 13.0. The lowest BCUT2D eigenvalue weighted by Crippen LogP contribution is -2.51.